The van der Waals surface area contributed by atoms with Gasteiger partial charge in [-0.15, -0.1) is 0 Å². The van der Waals surface area contributed by atoms with Crippen LogP contribution in [0.2, 0.25) is 0 Å². The zero-order chi connectivity index (χ0) is 19.7. The van der Waals surface area contributed by atoms with Crippen LogP contribution < -0.4 is 4.74 Å². The number of esters is 1. The Morgan fingerprint density at radius 1 is 0.714 bits per heavy atom. The van der Waals surface area contributed by atoms with Crippen molar-refractivity contribution >= 4 is 5.97 Å². The minimum absolute atomic E-state index is 0.215. The Morgan fingerprint density at radius 3 is 1.71 bits per heavy atom. The summed E-state index contributed by atoms with van der Waals surface area (Å²) in [5.41, 5.74) is 1.16. The largest absolute Gasteiger partial charge is 0.426 e. The van der Waals surface area contributed by atoms with Gasteiger partial charge in [0.05, 0.1) is 0 Å². The van der Waals surface area contributed by atoms with E-state index in [1.807, 2.05) is 91.0 Å². The fraction of sp³-hybridized carbons (Fsp3) is 0.269. The summed E-state index contributed by atoms with van der Waals surface area (Å²) >= 11 is 0. The number of carbonyl (C=O) groups is 1. The molecule has 0 saturated carbocycles. The highest BCUT2D eigenvalue weighted by Crippen LogP contribution is 2.39. The van der Waals surface area contributed by atoms with E-state index >= 15 is 0 Å². The Morgan fingerprint density at radius 2 is 1.21 bits per heavy atom. The van der Waals surface area contributed by atoms with E-state index in [1.165, 1.54) is 6.42 Å². The molecule has 3 rings (SSSR count). The molecule has 3 aromatic rings. The van der Waals surface area contributed by atoms with Crippen LogP contribution >= 0.6 is 0 Å². The molecule has 0 aliphatic rings. The smallest absolute Gasteiger partial charge is 0.326 e. The number of carbonyl (C=O) groups excluding carboxylic acids is 1. The lowest BCUT2D eigenvalue weighted by Crippen LogP contribution is -2.40. The highest BCUT2D eigenvalue weighted by Gasteiger charge is 2.43. The van der Waals surface area contributed by atoms with Gasteiger partial charge in [-0.05, 0) is 29.7 Å². The Hall–Kier alpha value is -2.87. The van der Waals surface area contributed by atoms with Crippen LogP contribution in [0.25, 0.3) is 0 Å². The van der Waals surface area contributed by atoms with Crippen molar-refractivity contribution in [2.45, 2.75) is 44.4 Å². The van der Waals surface area contributed by atoms with Gasteiger partial charge >= 0.3 is 5.97 Å². The lowest BCUT2D eigenvalue weighted by Gasteiger charge is -2.33. The number of para-hydroxylation sites is 1. The van der Waals surface area contributed by atoms with Gasteiger partial charge in [-0.1, -0.05) is 111 Å². The van der Waals surface area contributed by atoms with Gasteiger partial charge in [0.25, 0.3) is 0 Å². The standard InChI is InChI=1S/C26H28O2/c1-2-3-4-14-21-26(22-15-8-5-9-16-22,23-17-10-6-11-18-23)25(27)28-24-19-12-7-13-20-24/h5-13,15-20H,2-4,14,21H2,1H3. The Bertz CT molecular complexity index is 802. The first-order valence-corrected chi connectivity index (χ1v) is 10.2. The molecule has 3 aromatic carbocycles. The normalized spacial score (nSPS) is 11.2. The lowest BCUT2D eigenvalue weighted by atomic mass is 9.71. The molecule has 0 unspecified atom stereocenters. The second-order valence-corrected chi connectivity index (χ2v) is 7.15. The molecule has 0 spiro atoms. The van der Waals surface area contributed by atoms with Crippen LogP contribution in [-0.4, -0.2) is 5.97 Å². The van der Waals surface area contributed by atoms with Gasteiger partial charge < -0.3 is 4.74 Å². The molecule has 0 aliphatic heterocycles. The van der Waals surface area contributed by atoms with E-state index in [0.717, 1.165) is 36.8 Å². The fourth-order valence-corrected chi connectivity index (χ4v) is 3.74. The van der Waals surface area contributed by atoms with E-state index < -0.39 is 5.41 Å². The van der Waals surface area contributed by atoms with Crippen LogP contribution in [0.15, 0.2) is 91.0 Å². The second kappa shape index (κ2) is 9.89. The fourth-order valence-electron chi connectivity index (χ4n) is 3.74. The van der Waals surface area contributed by atoms with Crippen molar-refractivity contribution in [2.75, 3.05) is 0 Å². The molecular weight excluding hydrogens is 344 g/mol. The maximum absolute atomic E-state index is 13.7. The summed E-state index contributed by atoms with van der Waals surface area (Å²) in [6.07, 6.45) is 5.15. The summed E-state index contributed by atoms with van der Waals surface area (Å²) in [5, 5.41) is 0. The van der Waals surface area contributed by atoms with Gasteiger partial charge in [-0.3, -0.25) is 4.79 Å². The van der Waals surface area contributed by atoms with Crippen molar-refractivity contribution < 1.29 is 9.53 Å². The minimum atomic E-state index is -0.813. The van der Waals surface area contributed by atoms with E-state index in [0.29, 0.717) is 5.75 Å². The molecule has 0 N–H and O–H groups in total. The van der Waals surface area contributed by atoms with Crippen molar-refractivity contribution in [3.05, 3.63) is 102 Å². The average Bonchev–Trinajstić information content (AvgIpc) is 2.76. The van der Waals surface area contributed by atoms with Crippen molar-refractivity contribution in [3.63, 3.8) is 0 Å². The minimum Gasteiger partial charge on any atom is -0.426 e. The summed E-state index contributed by atoms with van der Waals surface area (Å²) in [4.78, 5) is 13.7. The van der Waals surface area contributed by atoms with Crippen LogP contribution in [0.4, 0.5) is 0 Å². The maximum atomic E-state index is 13.7. The molecule has 0 saturated heterocycles. The van der Waals surface area contributed by atoms with Crippen LogP contribution in [-0.2, 0) is 10.2 Å². The van der Waals surface area contributed by atoms with Crippen molar-refractivity contribution in [1.29, 1.82) is 0 Å². The van der Waals surface area contributed by atoms with Gasteiger partial charge in [-0.2, -0.15) is 0 Å². The van der Waals surface area contributed by atoms with Crippen LogP contribution in [0.5, 0.6) is 5.75 Å². The van der Waals surface area contributed by atoms with E-state index in [9.17, 15) is 4.79 Å². The highest BCUT2D eigenvalue weighted by molar-refractivity contribution is 5.89. The molecule has 2 nitrogen and oxygen atoms in total. The molecule has 0 aliphatic carbocycles. The van der Waals surface area contributed by atoms with Crippen LogP contribution in [0, 0.1) is 0 Å². The van der Waals surface area contributed by atoms with E-state index in [2.05, 4.69) is 6.92 Å². The molecule has 2 heteroatoms. The number of ether oxygens (including phenoxy) is 1. The highest BCUT2D eigenvalue weighted by atomic mass is 16.5. The van der Waals surface area contributed by atoms with E-state index in [-0.39, 0.29) is 5.97 Å². The summed E-state index contributed by atoms with van der Waals surface area (Å²) in [5.74, 6) is 0.366. The monoisotopic (exact) mass is 372 g/mol. The number of hydrogen-bond acceptors (Lipinski definition) is 2. The lowest BCUT2D eigenvalue weighted by molar-refractivity contribution is -0.139. The first-order chi connectivity index (χ1) is 13.8. The summed E-state index contributed by atoms with van der Waals surface area (Å²) in [6, 6.07) is 29.5. The number of benzene rings is 3. The summed E-state index contributed by atoms with van der Waals surface area (Å²) < 4.78 is 5.91. The molecule has 0 heterocycles. The number of hydrogen-bond donors (Lipinski definition) is 0. The van der Waals surface area contributed by atoms with Gasteiger partial charge in [0.2, 0.25) is 0 Å². The first-order valence-electron chi connectivity index (χ1n) is 10.2. The predicted octanol–water partition coefficient (Wildman–Crippen LogP) is 6.55. The summed E-state index contributed by atoms with van der Waals surface area (Å²) in [6.45, 7) is 2.20. The van der Waals surface area contributed by atoms with Crippen molar-refractivity contribution in [2.24, 2.45) is 0 Å². The Balaban J connectivity index is 2.05. The van der Waals surface area contributed by atoms with Gasteiger partial charge in [0.1, 0.15) is 11.2 Å². The number of rotatable bonds is 9. The maximum Gasteiger partial charge on any atom is 0.326 e. The third-order valence-electron chi connectivity index (χ3n) is 5.24. The molecule has 28 heavy (non-hydrogen) atoms. The Labute approximate surface area is 168 Å². The van der Waals surface area contributed by atoms with Gasteiger partial charge in [0, 0.05) is 0 Å². The molecule has 0 amide bonds. The molecule has 0 radical (unpaired) electrons. The molecule has 0 fully saturated rings. The quantitative estimate of drug-likeness (QED) is 0.242. The molecule has 144 valence electrons. The molecular formula is C26H28O2. The first kappa shape index (κ1) is 19.9. The van der Waals surface area contributed by atoms with Crippen molar-refractivity contribution in [1.82, 2.24) is 0 Å². The van der Waals surface area contributed by atoms with Crippen molar-refractivity contribution in [3.8, 4) is 5.75 Å². The van der Waals surface area contributed by atoms with Crippen LogP contribution in [0.3, 0.4) is 0 Å². The summed E-state index contributed by atoms with van der Waals surface area (Å²) in [7, 11) is 0. The zero-order valence-electron chi connectivity index (χ0n) is 16.5. The van der Waals surface area contributed by atoms with E-state index in [1.54, 1.807) is 0 Å². The van der Waals surface area contributed by atoms with Gasteiger partial charge in [-0.25, -0.2) is 0 Å². The Kier molecular flexibility index (Phi) is 7.02. The topological polar surface area (TPSA) is 26.3 Å². The van der Waals surface area contributed by atoms with Crippen LogP contribution in [0.1, 0.15) is 50.2 Å². The van der Waals surface area contributed by atoms with Gasteiger partial charge in [0.15, 0.2) is 0 Å². The molecule has 0 atom stereocenters. The molecule has 0 aromatic heterocycles. The third kappa shape index (κ3) is 4.51. The predicted molar refractivity (Wildman–Crippen MR) is 115 cm³/mol. The SMILES string of the molecule is CCCCCCC(C(=O)Oc1ccccc1)(c1ccccc1)c1ccccc1. The number of unbranched alkanes of at least 4 members (excludes halogenated alkanes) is 3. The zero-order valence-corrected chi connectivity index (χ0v) is 16.5. The van der Waals surface area contributed by atoms with E-state index in [4.69, 9.17) is 4.74 Å². The average molecular weight is 373 g/mol. The molecule has 0 bridgehead atoms. The second-order valence-electron chi connectivity index (χ2n) is 7.15. The third-order valence-corrected chi connectivity index (χ3v) is 5.24.